The maximum absolute atomic E-state index is 12.6. The van der Waals surface area contributed by atoms with Crippen LogP contribution in [0, 0.1) is 0 Å². The van der Waals surface area contributed by atoms with Crippen LogP contribution in [0.4, 0.5) is 0 Å². The highest BCUT2D eigenvalue weighted by Gasteiger charge is 2.26. The summed E-state index contributed by atoms with van der Waals surface area (Å²) in [6, 6.07) is 0. The SMILES string of the molecule is CCCCCCCC/C=C/C/C=C/C/C=C/CCCC(=O)O[C@H](COC(=O)CCCCCCCCCCCCCCCCCCCCCCC)COP(=O)(O)OCCN. The predicted molar refractivity (Wildman–Crippen MR) is 247 cm³/mol. The number of nitrogens with two attached hydrogens (primary N) is 1. The van der Waals surface area contributed by atoms with E-state index in [1.54, 1.807) is 0 Å². The molecule has 0 amide bonds. The van der Waals surface area contributed by atoms with Crippen molar-refractivity contribution in [3.63, 3.8) is 0 Å². The highest BCUT2D eigenvalue weighted by Crippen LogP contribution is 2.43. The Balaban J connectivity index is 4.10. The molecule has 0 aromatic rings. The van der Waals surface area contributed by atoms with Crippen LogP contribution in [0.1, 0.15) is 232 Å². The molecule has 9 nitrogen and oxygen atoms in total. The lowest BCUT2D eigenvalue weighted by Gasteiger charge is -2.19. The molecule has 0 aliphatic heterocycles. The Morgan fingerprint density at radius 2 is 0.898 bits per heavy atom. The van der Waals surface area contributed by atoms with Gasteiger partial charge in [-0.05, 0) is 44.9 Å². The van der Waals surface area contributed by atoms with Crippen LogP contribution in [-0.2, 0) is 32.7 Å². The molecule has 0 heterocycles. The van der Waals surface area contributed by atoms with Crippen LogP contribution in [0.25, 0.3) is 0 Å². The number of rotatable bonds is 46. The van der Waals surface area contributed by atoms with E-state index in [4.69, 9.17) is 24.3 Å². The van der Waals surface area contributed by atoms with Crippen molar-refractivity contribution in [1.29, 1.82) is 0 Å². The molecule has 3 N–H and O–H groups in total. The van der Waals surface area contributed by atoms with Crippen LogP contribution in [0.2, 0.25) is 0 Å². The zero-order chi connectivity index (χ0) is 43.2. The molecular formula is C49H92NO8P. The lowest BCUT2D eigenvalue weighted by atomic mass is 10.0. The predicted octanol–water partition coefficient (Wildman–Crippen LogP) is 14.5. The molecule has 0 rings (SSSR count). The maximum atomic E-state index is 12.6. The van der Waals surface area contributed by atoms with Gasteiger partial charge in [0.25, 0.3) is 0 Å². The van der Waals surface area contributed by atoms with E-state index in [0.29, 0.717) is 6.42 Å². The fourth-order valence-electron chi connectivity index (χ4n) is 6.89. The van der Waals surface area contributed by atoms with Gasteiger partial charge in [0.05, 0.1) is 13.2 Å². The Hall–Kier alpha value is -1.77. The van der Waals surface area contributed by atoms with Crippen molar-refractivity contribution in [2.24, 2.45) is 5.73 Å². The average molecular weight is 854 g/mol. The van der Waals surface area contributed by atoms with Gasteiger partial charge in [-0.15, -0.1) is 0 Å². The van der Waals surface area contributed by atoms with Gasteiger partial charge in [0, 0.05) is 19.4 Å². The number of hydrogen-bond donors (Lipinski definition) is 2. The van der Waals surface area contributed by atoms with Gasteiger partial charge in [-0.3, -0.25) is 18.6 Å². The monoisotopic (exact) mass is 854 g/mol. The molecule has 2 atom stereocenters. The van der Waals surface area contributed by atoms with E-state index in [1.807, 2.05) is 6.08 Å². The van der Waals surface area contributed by atoms with E-state index >= 15 is 0 Å². The summed E-state index contributed by atoms with van der Waals surface area (Å²) in [6.07, 6.45) is 51.9. The van der Waals surface area contributed by atoms with Crippen molar-refractivity contribution in [2.45, 2.75) is 238 Å². The quantitative estimate of drug-likeness (QED) is 0.0265. The van der Waals surface area contributed by atoms with Crippen LogP contribution in [0.5, 0.6) is 0 Å². The number of allylic oxidation sites excluding steroid dienone is 6. The fourth-order valence-corrected chi connectivity index (χ4v) is 7.65. The first-order valence-corrected chi connectivity index (χ1v) is 26.0. The molecule has 0 aromatic heterocycles. The molecule has 0 spiro atoms. The first-order chi connectivity index (χ1) is 28.8. The summed E-state index contributed by atoms with van der Waals surface area (Å²) in [5.74, 6) is -0.880. The lowest BCUT2D eigenvalue weighted by molar-refractivity contribution is -0.161. The molecule has 10 heteroatoms. The van der Waals surface area contributed by atoms with Crippen molar-refractivity contribution in [3.8, 4) is 0 Å². The molecule has 0 aliphatic carbocycles. The van der Waals surface area contributed by atoms with Crippen molar-refractivity contribution < 1.29 is 37.6 Å². The number of carbonyl (C=O) groups excluding carboxylic acids is 2. The van der Waals surface area contributed by atoms with Gasteiger partial charge in [0.2, 0.25) is 0 Å². The van der Waals surface area contributed by atoms with Gasteiger partial charge < -0.3 is 20.1 Å². The molecule has 0 radical (unpaired) electrons. The summed E-state index contributed by atoms with van der Waals surface area (Å²) in [6.45, 7) is 3.70. The Labute approximate surface area is 363 Å². The second-order valence-electron chi connectivity index (χ2n) is 16.3. The summed E-state index contributed by atoms with van der Waals surface area (Å²) in [7, 11) is -4.39. The second-order valence-corrected chi connectivity index (χ2v) is 17.8. The summed E-state index contributed by atoms with van der Waals surface area (Å²) in [5, 5.41) is 0. The molecule has 0 saturated carbocycles. The Morgan fingerprint density at radius 3 is 1.36 bits per heavy atom. The second kappa shape index (κ2) is 45.7. The van der Waals surface area contributed by atoms with Gasteiger partial charge in [-0.2, -0.15) is 0 Å². The van der Waals surface area contributed by atoms with Gasteiger partial charge >= 0.3 is 19.8 Å². The molecule has 1 unspecified atom stereocenters. The largest absolute Gasteiger partial charge is 0.472 e. The van der Waals surface area contributed by atoms with Crippen molar-refractivity contribution >= 4 is 19.8 Å². The number of phosphoric acid groups is 1. The van der Waals surface area contributed by atoms with Crippen LogP contribution in [-0.4, -0.2) is 49.3 Å². The standard InChI is InChI=1S/C49H92NO8P/c1-3-5-7-9-11-13-15-17-19-21-22-23-24-26-27-29-31-33-35-37-39-41-48(51)55-45-47(46-57-59(53,54)56-44-43-50)58-49(52)42-40-38-36-34-32-30-28-25-20-18-16-14-12-10-8-6-4-2/h18,20,28,30,34,36,47H,3-17,19,21-27,29,31-33,35,37-46,50H2,1-2H3,(H,53,54)/b20-18+,30-28+,36-34+/t47-/m1/s1. The maximum Gasteiger partial charge on any atom is 0.472 e. The van der Waals surface area contributed by atoms with E-state index in [9.17, 15) is 19.0 Å². The Bertz CT molecular complexity index is 1060. The van der Waals surface area contributed by atoms with E-state index < -0.39 is 32.5 Å². The van der Waals surface area contributed by atoms with Gasteiger partial charge in [-0.25, -0.2) is 4.57 Å². The lowest BCUT2D eigenvalue weighted by Crippen LogP contribution is -2.29. The molecule has 0 bridgehead atoms. The molecule has 0 saturated heterocycles. The molecule has 0 aromatic carbocycles. The summed E-state index contributed by atoms with van der Waals surface area (Å²) in [5.41, 5.74) is 5.36. The average Bonchev–Trinajstić information content (AvgIpc) is 3.22. The van der Waals surface area contributed by atoms with Crippen LogP contribution < -0.4 is 5.73 Å². The fraction of sp³-hybridized carbons (Fsp3) is 0.837. The van der Waals surface area contributed by atoms with E-state index in [1.165, 1.54) is 154 Å². The number of unbranched alkanes of at least 4 members (excludes halogenated alkanes) is 27. The minimum absolute atomic E-state index is 0.0465. The van der Waals surface area contributed by atoms with Crippen molar-refractivity contribution in [2.75, 3.05) is 26.4 Å². The number of esters is 2. The first kappa shape index (κ1) is 57.2. The smallest absolute Gasteiger partial charge is 0.462 e. The first-order valence-electron chi connectivity index (χ1n) is 24.5. The van der Waals surface area contributed by atoms with Gasteiger partial charge in [0.1, 0.15) is 6.61 Å². The topological polar surface area (TPSA) is 134 Å². The highest BCUT2D eigenvalue weighted by molar-refractivity contribution is 7.47. The van der Waals surface area contributed by atoms with Gasteiger partial charge in [-0.1, -0.05) is 211 Å². The third-order valence-electron chi connectivity index (χ3n) is 10.5. The van der Waals surface area contributed by atoms with E-state index in [2.05, 4.69) is 44.2 Å². The third-order valence-corrected chi connectivity index (χ3v) is 11.5. The number of ether oxygens (including phenoxy) is 2. The highest BCUT2D eigenvalue weighted by atomic mass is 31.2. The van der Waals surface area contributed by atoms with Crippen LogP contribution in [0.15, 0.2) is 36.5 Å². The minimum Gasteiger partial charge on any atom is -0.462 e. The zero-order valence-electron chi connectivity index (χ0n) is 38.2. The van der Waals surface area contributed by atoms with Crippen LogP contribution in [0.3, 0.4) is 0 Å². The Kier molecular flexibility index (Phi) is 44.4. The molecule has 0 fully saturated rings. The van der Waals surface area contributed by atoms with E-state index in [-0.39, 0.29) is 32.6 Å². The summed E-state index contributed by atoms with van der Waals surface area (Å²) in [4.78, 5) is 34.9. The molecule has 346 valence electrons. The third kappa shape index (κ3) is 45.6. The number of carbonyl (C=O) groups is 2. The summed E-state index contributed by atoms with van der Waals surface area (Å²) >= 11 is 0. The number of phosphoric ester groups is 1. The molecule has 0 aliphatic rings. The minimum atomic E-state index is -4.39. The number of hydrogen-bond acceptors (Lipinski definition) is 8. The van der Waals surface area contributed by atoms with Crippen LogP contribution >= 0.6 is 7.82 Å². The Morgan fingerprint density at radius 1 is 0.508 bits per heavy atom. The van der Waals surface area contributed by atoms with Gasteiger partial charge in [0.15, 0.2) is 6.10 Å². The van der Waals surface area contributed by atoms with Crippen molar-refractivity contribution in [1.82, 2.24) is 0 Å². The van der Waals surface area contributed by atoms with E-state index in [0.717, 1.165) is 44.9 Å². The normalized spacial score (nSPS) is 13.5. The zero-order valence-corrected chi connectivity index (χ0v) is 39.1. The summed E-state index contributed by atoms with van der Waals surface area (Å²) < 4.78 is 32.8. The molecule has 59 heavy (non-hydrogen) atoms. The van der Waals surface area contributed by atoms with Crippen molar-refractivity contribution in [3.05, 3.63) is 36.5 Å². The molecular weight excluding hydrogens is 762 g/mol.